The van der Waals surface area contributed by atoms with E-state index in [1.54, 1.807) is 0 Å². The highest BCUT2D eigenvalue weighted by Crippen LogP contribution is 2.50. The fourth-order valence-electron chi connectivity index (χ4n) is 6.77. The summed E-state index contributed by atoms with van der Waals surface area (Å²) in [7, 11) is -4.07. The molecule has 4 atom stereocenters. The average molecular weight is 545 g/mol. The number of nitrogens with zero attached hydrogens (tertiary/aromatic N) is 1. The lowest BCUT2D eigenvalue weighted by atomic mass is 9.75. The molecule has 2 bridgehead atoms. The molecule has 3 N–H and O–H groups in total. The van der Waals surface area contributed by atoms with Gasteiger partial charge < -0.3 is 24.3 Å². The molecule has 4 unspecified atom stereocenters. The summed E-state index contributed by atoms with van der Waals surface area (Å²) in [6.07, 6.45) is 14.6. The summed E-state index contributed by atoms with van der Waals surface area (Å²) >= 11 is 0. The lowest BCUT2D eigenvalue weighted by molar-refractivity contribution is 0.0897. The molecule has 3 heterocycles. The maximum absolute atomic E-state index is 12.7. The van der Waals surface area contributed by atoms with E-state index in [2.05, 4.69) is 10.3 Å². The second kappa shape index (κ2) is 12.5. The van der Waals surface area contributed by atoms with Gasteiger partial charge in [0.15, 0.2) is 5.69 Å². The SMILES string of the molecule is O=C(NCCCCC1CCCCC1)c1coc(C2C3CCC(O3)C2Cc2ccccc2CCP(=O)(O)O)n1. The number of amides is 1. The molecule has 1 saturated carbocycles. The van der Waals surface area contributed by atoms with Crippen LogP contribution in [0.25, 0.3) is 0 Å². The fourth-order valence-corrected chi connectivity index (χ4v) is 7.30. The highest BCUT2D eigenvalue weighted by atomic mass is 31.2. The van der Waals surface area contributed by atoms with E-state index in [0.29, 0.717) is 31.0 Å². The number of unbranched alkanes of at least 4 members (excludes halogenated alkanes) is 1. The number of aromatic nitrogens is 1. The molecule has 208 valence electrons. The topological polar surface area (TPSA) is 122 Å². The first kappa shape index (κ1) is 27.6. The van der Waals surface area contributed by atoms with Gasteiger partial charge in [-0.1, -0.05) is 69.2 Å². The van der Waals surface area contributed by atoms with Crippen LogP contribution in [0, 0.1) is 11.8 Å². The molecule has 1 aromatic carbocycles. The minimum atomic E-state index is -4.07. The van der Waals surface area contributed by atoms with Crippen molar-refractivity contribution in [2.75, 3.05) is 12.7 Å². The Morgan fingerprint density at radius 1 is 1.03 bits per heavy atom. The second-order valence-electron chi connectivity index (χ2n) is 11.4. The van der Waals surface area contributed by atoms with Crippen LogP contribution in [0.15, 0.2) is 34.9 Å². The molecule has 1 amide bonds. The number of hydrogen-bond acceptors (Lipinski definition) is 5. The van der Waals surface area contributed by atoms with Crippen molar-refractivity contribution in [1.82, 2.24) is 10.3 Å². The van der Waals surface area contributed by atoms with Gasteiger partial charge in [-0.05, 0) is 49.1 Å². The molecule has 2 saturated heterocycles. The molecule has 9 heteroatoms. The van der Waals surface area contributed by atoms with Crippen LogP contribution in [0.3, 0.4) is 0 Å². The molecule has 0 spiro atoms. The molecular formula is C29H41N2O6P. The van der Waals surface area contributed by atoms with Crippen molar-refractivity contribution in [1.29, 1.82) is 0 Å². The molecule has 1 aliphatic carbocycles. The Kier molecular flexibility index (Phi) is 9.04. The smallest absolute Gasteiger partial charge is 0.325 e. The Hall–Kier alpha value is -1.99. The number of carbonyl (C=O) groups excluding carboxylic acids is 1. The molecule has 0 radical (unpaired) electrons. The Bertz CT molecular complexity index is 1120. The molecular weight excluding hydrogens is 503 g/mol. The van der Waals surface area contributed by atoms with Crippen molar-refractivity contribution in [3.63, 3.8) is 0 Å². The maximum Gasteiger partial charge on any atom is 0.325 e. The number of carbonyl (C=O) groups is 1. The van der Waals surface area contributed by atoms with Crippen LogP contribution in [0.1, 0.15) is 97.6 Å². The molecule has 3 aliphatic rings. The van der Waals surface area contributed by atoms with Crippen molar-refractivity contribution in [2.45, 2.75) is 95.2 Å². The third-order valence-electron chi connectivity index (χ3n) is 8.76. The van der Waals surface area contributed by atoms with E-state index in [4.69, 9.17) is 9.15 Å². The lowest BCUT2D eigenvalue weighted by Gasteiger charge is -2.26. The summed E-state index contributed by atoms with van der Waals surface area (Å²) in [5.41, 5.74) is 2.34. The summed E-state index contributed by atoms with van der Waals surface area (Å²) < 4.78 is 23.6. The van der Waals surface area contributed by atoms with E-state index in [0.717, 1.165) is 42.7 Å². The summed E-state index contributed by atoms with van der Waals surface area (Å²) in [4.78, 5) is 36.0. The minimum absolute atomic E-state index is 0.0154. The van der Waals surface area contributed by atoms with Gasteiger partial charge in [-0.3, -0.25) is 9.36 Å². The molecule has 2 aromatic rings. The Morgan fingerprint density at radius 2 is 1.79 bits per heavy atom. The highest BCUT2D eigenvalue weighted by Gasteiger charge is 2.51. The normalized spacial score (nSPS) is 25.6. The zero-order valence-electron chi connectivity index (χ0n) is 22.1. The fraction of sp³-hybridized carbons (Fsp3) is 0.655. The molecule has 8 nitrogen and oxygen atoms in total. The largest absolute Gasteiger partial charge is 0.448 e. The lowest BCUT2D eigenvalue weighted by Crippen LogP contribution is -2.28. The minimum Gasteiger partial charge on any atom is -0.448 e. The number of nitrogens with one attached hydrogen (secondary N) is 1. The summed E-state index contributed by atoms with van der Waals surface area (Å²) in [5, 5.41) is 3.00. The Morgan fingerprint density at radius 3 is 2.58 bits per heavy atom. The molecule has 3 fully saturated rings. The maximum atomic E-state index is 12.7. The number of hydrogen-bond donors (Lipinski definition) is 3. The number of aryl methyl sites for hydroxylation is 1. The van der Waals surface area contributed by atoms with Crippen molar-refractivity contribution in [3.05, 3.63) is 53.2 Å². The van der Waals surface area contributed by atoms with Gasteiger partial charge >= 0.3 is 7.60 Å². The van der Waals surface area contributed by atoms with E-state index in [1.807, 2.05) is 24.3 Å². The van der Waals surface area contributed by atoms with Gasteiger partial charge in [-0.2, -0.15) is 0 Å². The van der Waals surface area contributed by atoms with E-state index in [9.17, 15) is 19.1 Å². The predicted molar refractivity (Wildman–Crippen MR) is 144 cm³/mol. The highest BCUT2D eigenvalue weighted by molar-refractivity contribution is 7.51. The molecule has 1 aromatic heterocycles. The van der Waals surface area contributed by atoms with E-state index in [-0.39, 0.29) is 36.1 Å². The van der Waals surface area contributed by atoms with Crippen LogP contribution in [0.2, 0.25) is 0 Å². The van der Waals surface area contributed by atoms with Crippen LogP contribution in [-0.4, -0.2) is 45.6 Å². The van der Waals surface area contributed by atoms with Gasteiger partial charge in [0.1, 0.15) is 6.26 Å². The summed E-state index contributed by atoms with van der Waals surface area (Å²) in [6.45, 7) is 0.652. The van der Waals surface area contributed by atoms with Gasteiger partial charge in [0.2, 0.25) is 5.89 Å². The Balaban J connectivity index is 1.18. The molecule has 38 heavy (non-hydrogen) atoms. The van der Waals surface area contributed by atoms with Crippen molar-refractivity contribution < 1.29 is 28.3 Å². The third kappa shape index (κ3) is 6.95. The van der Waals surface area contributed by atoms with Gasteiger partial charge in [0.25, 0.3) is 5.91 Å². The predicted octanol–water partition coefficient (Wildman–Crippen LogP) is 5.38. The van der Waals surface area contributed by atoms with E-state index < -0.39 is 7.60 Å². The number of oxazole rings is 1. The Labute approximate surface area is 225 Å². The quantitative estimate of drug-likeness (QED) is 0.242. The zero-order chi connectivity index (χ0) is 26.5. The molecule has 5 rings (SSSR count). The first-order chi connectivity index (χ1) is 18.4. The van der Waals surface area contributed by atoms with Crippen LogP contribution < -0.4 is 5.32 Å². The van der Waals surface area contributed by atoms with E-state index >= 15 is 0 Å². The van der Waals surface area contributed by atoms with Crippen molar-refractivity contribution >= 4 is 13.5 Å². The van der Waals surface area contributed by atoms with Crippen molar-refractivity contribution in [3.8, 4) is 0 Å². The van der Waals surface area contributed by atoms with Gasteiger partial charge in [-0.15, -0.1) is 0 Å². The standard InChI is InChI=1S/C29H41N2O6P/c32-28(30-16-7-6-10-20-8-2-1-3-9-20)24-19-36-29(31-24)27-23(25-13-14-26(27)37-25)18-22-12-5-4-11-21(22)15-17-38(33,34)35/h4-5,11-12,19-20,23,25-27H,1-3,6-10,13-18H2,(H,30,32)(H2,33,34,35). The number of rotatable bonds is 12. The van der Waals surface area contributed by atoms with Gasteiger partial charge in [-0.25, -0.2) is 4.98 Å². The monoisotopic (exact) mass is 544 g/mol. The summed E-state index contributed by atoms with van der Waals surface area (Å²) in [5.74, 6) is 1.32. The first-order valence-electron chi connectivity index (χ1n) is 14.4. The van der Waals surface area contributed by atoms with Crippen LogP contribution in [-0.2, 0) is 22.1 Å². The van der Waals surface area contributed by atoms with Gasteiger partial charge in [0.05, 0.1) is 24.3 Å². The number of fused-ring (bicyclic) bond motifs is 2. The zero-order valence-corrected chi connectivity index (χ0v) is 23.0. The second-order valence-corrected chi connectivity index (χ2v) is 13.2. The molecule has 2 aliphatic heterocycles. The number of benzene rings is 1. The van der Waals surface area contributed by atoms with Crippen molar-refractivity contribution in [2.24, 2.45) is 11.8 Å². The number of ether oxygens (including phenoxy) is 1. The van der Waals surface area contributed by atoms with Crippen LogP contribution in [0.5, 0.6) is 0 Å². The van der Waals surface area contributed by atoms with Gasteiger partial charge in [0, 0.05) is 12.5 Å². The third-order valence-corrected chi connectivity index (χ3v) is 9.57. The first-order valence-corrected chi connectivity index (χ1v) is 16.2. The van der Waals surface area contributed by atoms with Crippen LogP contribution in [0.4, 0.5) is 0 Å². The van der Waals surface area contributed by atoms with Crippen LogP contribution >= 0.6 is 7.60 Å². The average Bonchev–Trinajstić information content (AvgIpc) is 3.65. The van der Waals surface area contributed by atoms with E-state index in [1.165, 1.54) is 44.8 Å². The summed E-state index contributed by atoms with van der Waals surface area (Å²) in [6, 6.07) is 7.84.